The average Bonchev–Trinajstić information content (AvgIpc) is 3.29. The Morgan fingerprint density at radius 2 is 1.97 bits per heavy atom. The van der Waals surface area contributed by atoms with E-state index in [1.807, 2.05) is 13.0 Å². The van der Waals surface area contributed by atoms with Crippen LogP contribution in [0, 0.1) is 12.9 Å². The number of nitrogens with zero attached hydrogens (tertiary/aromatic N) is 5. The van der Waals surface area contributed by atoms with Gasteiger partial charge in [0.15, 0.2) is 0 Å². The number of rotatable bonds is 7. The van der Waals surface area contributed by atoms with Gasteiger partial charge in [0.2, 0.25) is 11.9 Å². The number of anilines is 4. The molecule has 0 radical (unpaired) electrons. The van der Waals surface area contributed by atoms with Crippen molar-refractivity contribution in [3.05, 3.63) is 30.0 Å². The summed E-state index contributed by atoms with van der Waals surface area (Å²) >= 11 is 0. The minimum Gasteiger partial charge on any atom is -0.367 e. The molecule has 29 heavy (non-hydrogen) atoms. The zero-order valence-corrected chi connectivity index (χ0v) is 17.6. The normalized spacial score (nSPS) is 21.2. The van der Waals surface area contributed by atoms with Crippen LogP contribution >= 0.6 is 0 Å². The highest BCUT2D eigenvalue weighted by Crippen LogP contribution is 2.35. The van der Waals surface area contributed by atoms with Crippen molar-refractivity contribution in [1.82, 2.24) is 19.9 Å². The summed E-state index contributed by atoms with van der Waals surface area (Å²) < 4.78 is 14.4. The summed E-state index contributed by atoms with van der Waals surface area (Å²) in [7, 11) is 2.17. The van der Waals surface area contributed by atoms with Gasteiger partial charge in [-0.3, -0.25) is 4.90 Å². The number of aryl methyl sites for hydroxylation is 1. The quantitative estimate of drug-likeness (QED) is 0.690. The second-order valence-corrected chi connectivity index (χ2v) is 8.18. The van der Waals surface area contributed by atoms with E-state index in [0.717, 1.165) is 49.4 Å². The van der Waals surface area contributed by atoms with Crippen molar-refractivity contribution < 1.29 is 4.39 Å². The Labute approximate surface area is 171 Å². The fraction of sp³-hybridized carbons (Fsp3) is 0.571. The number of likely N-dealkylation sites (N-methyl/N-ethyl adjacent to an activating group) is 1. The van der Waals surface area contributed by atoms with Crippen molar-refractivity contribution in [3.8, 4) is 0 Å². The van der Waals surface area contributed by atoms with Crippen LogP contribution in [0.4, 0.5) is 27.5 Å². The molecule has 4 heterocycles. The third kappa shape index (κ3) is 3.99. The second kappa shape index (κ2) is 8.10. The topological polar surface area (TPSA) is 69.2 Å². The summed E-state index contributed by atoms with van der Waals surface area (Å²) in [6, 6.07) is 3.21. The fourth-order valence-corrected chi connectivity index (χ4v) is 4.32. The van der Waals surface area contributed by atoms with E-state index in [2.05, 4.69) is 56.3 Å². The predicted octanol–water partition coefficient (Wildman–Crippen LogP) is 3.56. The molecular weight excluding hydrogens is 369 g/mol. The van der Waals surface area contributed by atoms with E-state index in [4.69, 9.17) is 0 Å². The Morgan fingerprint density at radius 1 is 1.17 bits per heavy atom. The zero-order valence-electron chi connectivity index (χ0n) is 17.6. The molecule has 2 fully saturated rings. The zero-order chi connectivity index (χ0) is 20.5. The van der Waals surface area contributed by atoms with Crippen molar-refractivity contribution in [2.24, 2.45) is 0 Å². The van der Waals surface area contributed by atoms with Crippen molar-refractivity contribution in [1.29, 1.82) is 0 Å². The molecule has 0 aliphatic carbocycles. The SMILES string of the molecule is CCC(CC)Nc1nc(Nc2cc(N3C[C@@H]4C[C@H]3CN4C)cnc2F)ncc1C. The lowest BCUT2D eigenvalue weighted by Gasteiger charge is -2.33. The second-order valence-electron chi connectivity index (χ2n) is 8.18. The molecule has 2 aliphatic heterocycles. The molecule has 0 amide bonds. The highest BCUT2D eigenvalue weighted by atomic mass is 19.1. The first-order chi connectivity index (χ1) is 14.0. The number of pyridine rings is 1. The maximum atomic E-state index is 14.4. The van der Waals surface area contributed by atoms with E-state index in [0.29, 0.717) is 29.8 Å². The molecule has 2 aromatic rings. The summed E-state index contributed by atoms with van der Waals surface area (Å²) in [5.41, 5.74) is 2.21. The molecule has 7 nitrogen and oxygen atoms in total. The van der Waals surface area contributed by atoms with Crippen LogP contribution in [-0.2, 0) is 0 Å². The minimum absolute atomic E-state index is 0.302. The van der Waals surface area contributed by atoms with Gasteiger partial charge in [0, 0.05) is 43.0 Å². The number of hydrogen-bond donors (Lipinski definition) is 2. The molecule has 0 spiro atoms. The predicted molar refractivity (Wildman–Crippen MR) is 114 cm³/mol. The number of fused-ring (bicyclic) bond motifs is 2. The van der Waals surface area contributed by atoms with E-state index in [9.17, 15) is 4.39 Å². The molecule has 156 valence electrons. The van der Waals surface area contributed by atoms with Gasteiger partial charge in [-0.15, -0.1) is 0 Å². The number of hydrogen-bond acceptors (Lipinski definition) is 7. The molecule has 0 aromatic carbocycles. The summed E-state index contributed by atoms with van der Waals surface area (Å²) in [6.45, 7) is 8.25. The van der Waals surface area contributed by atoms with E-state index in [-0.39, 0.29) is 0 Å². The van der Waals surface area contributed by atoms with E-state index >= 15 is 0 Å². The van der Waals surface area contributed by atoms with Crippen LogP contribution < -0.4 is 15.5 Å². The van der Waals surface area contributed by atoms with E-state index in [1.54, 1.807) is 12.4 Å². The maximum absolute atomic E-state index is 14.4. The van der Waals surface area contributed by atoms with Gasteiger partial charge in [-0.25, -0.2) is 9.97 Å². The van der Waals surface area contributed by atoms with Gasteiger partial charge in [-0.2, -0.15) is 9.37 Å². The third-order valence-corrected chi connectivity index (χ3v) is 6.22. The standard InChI is InChI=1S/C21H30FN7/c1-5-14(6-2)25-20-13(3)9-24-21(27-20)26-18-8-15(10-23-19(18)22)29-12-16-7-17(29)11-28(16)4/h8-10,14,16-17H,5-7,11-12H2,1-4H3,(H2,24,25,26,27)/t16-,17-/m0/s1. The Morgan fingerprint density at radius 3 is 2.62 bits per heavy atom. The van der Waals surface area contributed by atoms with Crippen LogP contribution in [0.5, 0.6) is 0 Å². The average molecular weight is 400 g/mol. The molecule has 2 N–H and O–H groups in total. The molecule has 2 aromatic heterocycles. The molecule has 2 aliphatic rings. The smallest absolute Gasteiger partial charge is 0.236 e. The van der Waals surface area contributed by atoms with Crippen LogP contribution in [0.2, 0.25) is 0 Å². The van der Waals surface area contributed by atoms with Gasteiger partial charge in [0.1, 0.15) is 5.82 Å². The lowest BCUT2D eigenvalue weighted by atomic mass is 10.1. The largest absolute Gasteiger partial charge is 0.367 e. The number of nitrogens with one attached hydrogen (secondary N) is 2. The molecule has 4 rings (SSSR count). The van der Waals surface area contributed by atoms with Crippen molar-refractivity contribution in [3.63, 3.8) is 0 Å². The summed E-state index contributed by atoms with van der Waals surface area (Å²) in [5, 5.41) is 6.48. The molecule has 0 unspecified atom stereocenters. The molecular formula is C21H30FN7. The minimum atomic E-state index is -0.547. The molecule has 2 saturated heterocycles. The van der Waals surface area contributed by atoms with Crippen molar-refractivity contribution in [2.45, 2.75) is 58.2 Å². The highest BCUT2D eigenvalue weighted by molar-refractivity contribution is 5.63. The Bertz CT molecular complexity index is 868. The maximum Gasteiger partial charge on any atom is 0.236 e. The lowest BCUT2D eigenvalue weighted by Crippen LogP contribution is -2.44. The van der Waals surface area contributed by atoms with Crippen LogP contribution in [0.15, 0.2) is 18.5 Å². The van der Waals surface area contributed by atoms with Crippen molar-refractivity contribution in [2.75, 3.05) is 35.7 Å². The molecule has 2 atom stereocenters. The molecule has 0 saturated carbocycles. The summed E-state index contributed by atoms with van der Waals surface area (Å²) in [6.07, 6.45) is 6.55. The number of aromatic nitrogens is 3. The summed E-state index contributed by atoms with van der Waals surface area (Å²) in [4.78, 5) is 17.6. The van der Waals surface area contributed by atoms with E-state index < -0.39 is 5.95 Å². The monoisotopic (exact) mass is 399 g/mol. The fourth-order valence-electron chi connectivity index (χ4n) is 4.32. The lowest BCUT2D eigenvalue weighted by molar-refractivity contribution is 0.292. The Balaban J connectivity index is 1.54. The summed E-state index contributed by atoms with van der Waals surface area (Å²) in [5.74, 6) is 0.596. The highest BCUT2D eigenvalue weighted by Gasteiger charge is 2.41. The number of halogens is 1. The molecule has 8 heteroatoms. The number of likely N-dealkylation sites (tertiary alicyclic amines) is 1. The van der Waals surface area contributed by atoms with Gasteiger partial charge >= 0.3 is 0 Å². The van der Waals surface area contributed by atoms with Gasteiger partial charge in [0.25, 0.3) is 0 Å². The van der Waals surface area contributed by atoms with E-state index in [1.165, 1.54) is 0 Å². The first kappa shape index (κ1) is 19.8. The van der Waals surface area contributed by atoms with Gasteiger partial charge in [-0.05, 0) is 39.3 Å². The van der Waals surface area contributed by atoms with Gasteiger partial charge in [0.05, 0.1) is 17.6 Å². The Kier molecular flexibility index (Phi) is 5.54. The van der Waals surface area contributed by atoms with Crippen LogP contribution in [0.3, 0.4) is 0 Å². The number of piperazine rings is 1. The van der Waals surface area contributed by atoms with Gasteiger partial charge < -0.3 is 15.5 Å². The van der Waals surface area contributed by atoms with Crippen LogP contribution in [0.25, 0.3) is 0 Å². The Hall–Kier alpha value is -2.48. The third-order valence-electron chi connectivity index (χ3n) is 6.22. The molecule has 2 bridgehead atoms. The first-order valence-corrected chi connectivity index (χ1v) is 10.5. The van der Waals surface area contributed by atoms with Crippen LogP contribution in [-0.4, -0.2) is 58.1 Å². The van der Waals surface area contributed by atoms with Crippen molar-refractivity contribution >= 4 is 23.1 Å². The van der Waals surface area contributed by atoms with Gasteiger partial charge in [-0.1, -0.05) is 13.8 Å². The van der Waals surface area contributed by atoms with Crippen LogP contribution in [0.1, 0.15) is 38.7 Å². The first-order valence-electron chi connectivity index (χ1n) is 10.5.